The van der Waals surface area contributed by atoms with Crippen LogP contribution in [0, 0.1) is 15.9 Å². The molecule has 0 amide bonds. The summed E-state index contributed by atoms with van der Waals surface area (Å²) in [5.41, 5.74) is -0.574. The van der Waals surface area contributed by atoms with E-state index in [0.717, 1.165) is 4.68 Å². The van der Waals surface area contributed by atoms with E-state index >= 15 is 0 Å². The lowest BCUT2D eigenvalue weighted by atomic mass is 10.4. The van der Waals surface area contributed by atoms with E-state index in [1.807, 2.05) is 0 Å². The summed E-state index contributed by atoms with van der Waals surface area (Å²) in [6, 6.07) is 2.28. The molecule has 82 valence electrons. The van der Waals surface area contributed by atoms with Gasteiger partial charge in [0.1, 0.15) is 0 Å². The minimum atomic E-state index is -0.861. The van der Waals surface area contributed by atoms with Gasteiger partial charge in [-0.15, -0.1) is 0 Å². The molecule has 0 unspecified atom stereocenters. The number of nitro groups is 1. The van der Waals surface area contributed by atoms with Gasteiger partial charge in [-0.25, -0.2) is 14.1 Å². The monoisotopic (exact) mass is 242 g/mol. The summed E-state index contributed by atoms with van der Waals surface area (Å²) in [5.74, 6) is -1.04. The fourth-order valence-electron chi connectivity index (χ4n) is 1.13. The molecule has 0 bridgehead atoms. The predicted octanol–water partition coefficient (Wildman–Crippen LogP) is 1.97. The Bertz CT molecular complexity index is 543. The molecule has 2 aromatic heterocycles. The number of rotatable bonds is 2. The third-order valence-corrected chi connectivity index (χ3v) is 2.09. The van der Waals surface area contributed by atoms with E-state index in [-0.39, 0.29) is 11.0 Å². The minimum absolute atomic E-state index is 0.180. The van der Waals surface area contributed by atoms with E-state index in [0.29, 0.717) is 6.07 Å². The van der Waals surface area contributed by atoms with Gasteiger partial charge < -0.3 is 0 Å². The highest BCUT2D eigenvalue weighted by molar-refractivity contribution is 6.31. The predicted molar refractivity (Wildman–Crippen MR) is 53.0 cm³/mol. The van der Waals surface area contributed by atoms with Crippen molar-refractivity contribution in [3.8, 4) is 5.82 Å². The highest BCUT2D eigenvalue weighted by Gasteiger charge is 2.19. The van der Waals surface area contributed by atoms with Gasteiger partial charge in [0.05, 0.1) is 11.0 Å². The maximum atomic E-state index is 13.5. The molecule has 0 saturated heterocycles. The molecule has 2 heterocycles. The standard InChI is InChI=1S/C8H4ClFN4O2/c9-7-6(14(15)16)4-5(10)8(12-7)13-3-1-2-11-13/h1-4H. The van der Waals surface area contributed by atoms with Crippen molar-refractivity contribution in [2.45, 2.75) is 0 Å². The van der Waals surface area contributed by atoms with Crippen LogP contribution in [0.4, 0.5) is 10.1 Å². The van der Waals surface area contributed by atoms with E-state index in [1.54, 1.807) is 6.07 Å². The minimum Gasteiger partial charge on any atom is -0.258 e. The first-order valence-electron chi connectivity index (χ1n) is 4.10. The van der Waals surface area contributed by atoms with Gasteiger partial charge in [-0.05, 0) is 6.07 Å². The highest BCUT2D eigenvalue weighted by atomic mass is 35.5. The zero-order valence-electron chi connectivity index (χ0n) is 7.67. The molecule has 0 aliphatic heterocycles. The van der Waals surface area contributed by atoms with Crippen molar-refractivity contribution < 1.29 is 9.31 Å². The van der Waals surface area contributed by atoms with E-state index < -0.39 is 16.4 Å². The van der Waals surface area contributed by atoms with Crippen molar-refractivity contribution in [1.29, 1.82) is 0 Å². The van der Waals surface area contributed by atoms with Crippen LogP contribution in [0.5, 0.6) is 0 Å². The van der Waals surface area contributed by atoms with Gasteiger partial charge in [-0.1, -0.05) is 11.6 Å². The Labute approximate surface area is 93.4 Å². The Kier molecular flexibility index (Phi) is 2.53. The molecule has 2 rings (SSSR count). The van der Waals surface area contributed by atoms with Gasteiger partial charge in [0.15, 0.2) is 11.6 Å². The quantitative estimate of drug-likeness (QED) is 0.458. The molecule has 0 fully saturated rings. The second kappa shape index (κ2) is 3.86. The highest BCUT2D eigenvalue weighted by Crippen LogP contribution is 2.25. The van der Waals surface area contributed by atoms with Gasteiger partial charge in [0.25, 0.3) is 0 Å². The van der Waals surface area contributed by atoms with Gasteiger partial charge in [0, 0.05) is 12.4 Å². The SMILES string of the molecule is O=[N+]([O-])c1cc(F)c(-n2cccn2)nc1Cl. The average Bonchev–Trinajstić information content (AvgIpc) is 2.73. The number of hydrogen-bond donors (Lipinski definition) is 0. The van der Waals surface area contributed by atoms with Gasteiger partial charge >= 0.3 is 5.69 Å². The van der Waals surface area contributed by atoms with Crippen molar-refractivity contribution in [3.63, 3.8) is 0 Å². The molecule has 6 nitrogen and oxygen atoms in total. The van der Waals surface area contributed by atoms with Gasteiger partial charge in [0.2, 0.25) is 5.15 Å². The maximum absolute atomic E-state index is 13.5. The molecule has 0 atom stereocenters. The molecule has 2 aromatic rings. The molecular weight excluding hydrogens is 239 g/mol. The first kappa shape index (κ1) is 10.5. The van der Waals surface area contributed by atoms with Crippen LogP contribution in [-0.2, 0) is 0 Å². The summed E-state index contributed by atoms with van der Waals surface area (Å²) in [6.45, 7) is 0. The molecule has 0 aliphatic rings. The smallest absolute Gasteiger partial charge is 0.258 e. The zero-order valence-corrected chi connectivity index (χ0v) is 8.43. The lowest BCUT2D eigenvalue weighted by molar-refractivity contribution is -0.385. The summed E-state index contributed by atoms with van der Waals surface area (Å²) in [4.78, 5) is 13.2. The van der Waals surface area contributed by atoms with Crippen molar-refractivity contribution in [2.24, 2.45) is 0 Å². The second-order valence-electron chi connectivity index (χ2n) is 2.81. The largest absolute Gasteiger partial charge is 0.309 e. The van der Waals surface area contributed by atoms with Crippen LogP contribution in [0.1, 0.15) is 0 Å². The average molecular weight is 243 g/mol. The van der Waals surface area contributed by atoms with Gasteiger partial charge in [-0.3, -0.25) is 10.1 Å². The molecular formula is C8H4ClFN4O2. The van der Waals surface area contributed by atoms with Crippen LogP contribution < -0.4 is 0 Å². The van der Waals surface area contributed by atoms with Crippen molar-refractivity contribution >= 4 is 17.3 Å². The molecule has 0 saturated carbocycles. The van der Waals surface area contributed by atoms with Gasteiger partial charge in [-0.2, -0.15) is 5.10 Å². The third-order valence-electron chi connectivity index (χ3n) is 1.81. The lowest BCUT2D eigenvalue weighted by Crippen LogP contribution is -2.04. The first-order valence-corrected chi connectivity index (χ1v) is 4.48. The van der Waals surface area contributed by atoms with E-state index in [2.05, 4.69) is 10.1 Å². The summed E-state index contributed by atoms with van der Waals surface area (Å²) < 4.78 is 14.6. The van der Waals surface area contributed by atoms with E-state index in [1.165, 1.54) is 12.4 Å². The normalized spacial score (nSPS) is 10.4. The van der Waals surface area contributed by atoms with E-state index in [4.69, 9.17) is 11.6 Å². The Morgan fingerprint density at radius 3 is 2.88 bits per heavy atom. The fraction of sp³-hybridized carbons (Fsp3) is 0. The summed E-state index contributed by atoms with van der Waals surface area (Å²) in [7, 11) is 0. The number of halogens is 2. The first-order chi connectivity index (χ1) is 7.59. The van der Waals surface area contributed by atoms with Crippen LogP contribution in [0.2, 0.25) is 5.15 Å². The van der Waals surface area contributed by atoms with Crippen LogP contribution in [0.15, 0.2) is 24.5 Å². The molecule has 0 aliphatic carbocycles. The molecule has 0 N–H and O–H groups in total. The number of nitrogens with zero attached hydrogens (tertiary/aromatic N) is 4. The van der Waals surface area contributed by atoms with E-state index in [9.17, 15) is 14.5 Å². The Hall–Kier alpha value is -2.02. The molecule has 8 heteroatoms. The topological polar surface area (TPSA) is 73.8 Å². The fourth-order valence-corrected chi connectivity index (χ4v) is 1.33. The van der Waals surface area contributed by atoms with Crippen LogP contribution >= 0.6 is 11.6 Å². The third kappa shape index (κ3) is 1.72. The van der Waals surface area contributed by atoms with Crippen LogP contribution in [0.3, 0.4) is 0 Å². The van der Waals surface area contributed by atoms with Crippen molar-refractivity contribution in [2.75, 3.05) is 0 Å². The van der Waals surface area contributed by atoms with Crippen molar-refractivity contribution in [1.82, 2.24) is 14.8 Å². The molecule has 0 aromatic carbocycles. The Balaban J connectivity index is 2.59. The second-order valence-corrected chi connectivity index (χ2v) is 3.17. The summed E-state index contributed by atoms with van der Waals surface area (Å²) in [6.07, 6.45) is 2.88. The Morgan fingerprint density at radius 1 is 1.56 bits per heavy atom. The van der Waals surface area contributed by atoms with Crippen molar-refractivity contribution in [3.05, 3.63) is 45.6 Å². The molecule has 0 radical (unpaired) electrons. The molecule has 16 heavy (non-hydrogen) atoms. The lowest BCUT2D eigenvalue weighted by Gasteiger charge is -2.02. The zero-order chi connectivity index (χ0) is 11.7. The summed E-state index contributed by atoms with van der Waals surface area (Å²) in [5, 5.41) is 13.8. The molecule has 0 spiro atoms. The Morgan fingerprint density at radius 2 is 2.31 bits per heavy atom. The maximum Gasteiger partial charge on any atom is 0.309 e. The number of pyridine rings is 1. The van der Waals surface area contributed by atoms with Crippen LogP contribution in [0.25, 0.3) is 5.82 Å². The summed E-state index contributed by atoms with van der Waals surface area (Å²) >= 11 is 5.55. The number of hydrogen-bond acceptors (Lipinski definition) is 4. The number of aromatic nitrogens is 3. The van der Waals surface area contributed by atoms with Crippen LogP contribution in [-0.4, -0.2) is 19.7 Å².